The monoisotopic (exact) mass is 578 g/mol. The van der Waals surface area contributed by atoms with Crippen molar-refractivity contribution in [1.82, 2.24) is 5.32 Å². The number of ether oxygens (including phenoxy) is 3. The van der Waals surface area contributed by atoms with Crippen molar-refractivity contribution >= 4 is 58.2 Å². The van der Waals surface area contributed by atoms with Gasteiger partial charge in [0.05, 0.1) is 23.0 Å². The zero-order valence-electron chi connectivity index (χ0n) is 19.1. The zero-order chi connectivity index (χ0) is 25.0. The molecule has 2 aromatic carbocycles. The molecule has 0 bridgehead atoms. The van der Waals surface area contributed by atoms with Crippen LogP contribution in [0.15, 0.2) is 35.9 Å². The van der Waals surface area contributed by atoms with Crippen LogP contribution in [-0.4, -0.2) is 44.1 Å². The molecule has 0 saturated carbocycles. The molecule has 1 aliphatic rings. The van der Waals surface area contributed by atoms with Gasteiger partial charge >= 0.3 is 12.0 Å². The van der Waals surface area contributed by atoms with Gasteiger partial charge in [-0.2, -0.15) is 0 Å². The third-order valence-electron chi connectivity index (χ3n) is 4.77. The number of urea groups is 1. The van der Waals surface area contributed by atoms with Gasteiger partial charge in [-0.3, -0.25) is 14.9 Å². The van der Waals surface area contributed by atoms with Crippen LogP contribution in [0.2, 0.25) is 0 Å². The van der Waals surface area contributed by atoms with Crippen molar-refractivity contribution in [2.24, 2.45) is 0 Å². The van der Waals surface area contributed by atoms with Gasteiger partial charge in [0, 0.05) is 0 Å². The number of halogens is 1. The Morgan fingerprint density at radius 3 is 2.35 bits per heavy atom. The average molecular weight is 578 g/mol. The molecule has 0 spiro atoms. The first-order valence-corrected chi connectivity index (χ1v) is 11.4. The summed E-state index contributed by atoms with van der Waals surface area (Å²) in [6, 6.07) is 7.75. The number of esters is 1. The van der Waals surface area contributed by atoms with Crippen molar-refractivity contribution in [2.75, 3.05) is 25.2 Å². The minimum Gasteiger partial charge on any atom is -0.490 e. The third kappa shape index (κ3) is 5.56. The van der Waals surface area contributed by atoms with Crippen LogP contribution in [0.5, 0.6) is 11.5 Å². The highest BCUT2D eigenvalue weighted by Gasteiger charge is 2.37. The van der Waals surface area contributed by atoms with Crippen LogP contribution >= 0.6 is 22.6 Å². The van der Waals surface area contributed by atoms with Crippen LogP contribution < -0.4 is 19.7 Å². The van der Waals surface area contributed by atoms with Gasteiger partial charge in [-0.25, -0.2) is 14.5 Å². The first kappa shape index (κ1) is 25.2. The summed E-state index contributed by atoms with van der Waals surface area (Å²) in [6.07, 6.45) is 1.38. The van der Waals surface area contributed by atoms with E-state index in [1.165, 1.54) is 13.2 Å². The number of nitrogens with one attached hydrogen (secondary N) is 1. The second kappa shape index (κ2) is 10.7. The number of anilines is 1. The molecule has 1 fully saturated rings. The number of hydrogen-bond donors (Lipinski definition) is 1. The Kier molecular flexibility index (Phi) is 7.92. The third-order valence-corrected chi connectivity index (χ3v) is 5.57. The number of amides is 4. The van der Waals surface area contributed by atoms with Gasteiger partial charge in [-0.05, 0) is 90.4 Å². The summed E-state index contributed by atoms with van der Waals surface area (Å²) in [5.74, 6) is -1.42. The highest BCUT2D eigenvalue weighted by molar-refractivity contribution is 14.1. The minimum absolute atomic E-state index is 0.208. The molecule has 1 saturated heterocycles. The van der Waals surface area contributed by atoms with Crippen molar-refractivity contribution in [1.29, 1.82) is 0 Å². The van der Waals surface area contributed by atoms with Crippen LogP contribution in [0.25, 0.3) is 6.08 Å². The fourth-order valence-electron chi connectivity index (χ4n) is 3.40. The number of barbiturate groups is 1. The Hall–Kier alpha value is -3.41. The second-order valence-corrected chi connectivity index (χ2v) is 8.59. The maximum absolute atomic E-state index is 13.2. The smallest absolute Gasteiger partial charge is 0.343 e. The Morgan fingerprint density at radius 1 is 1.06 bits per heavy atom. The number of hydrogen-bond acceptors (Lipinski definition) is 7. The summed E-state index contributed by atoms with van der Waals surface area (Å²) in [7, 11) is 1.26. The topological polar surface area (TPSA) is 111 Å². The van der Waals surface area contributed by atoms with E-state index in [4.69, 9.17) is 9.47 Å². The molecule has 178 valence electrons. The summed E-state index contributed by atoms with van der Waals surface area (Å²) >= 11 is 2.00. The Balaban J connectivity index is 2.01. The number of aryl methyl sites for hydroxylation is 2. The predicted molar refractivity (Wildman–Crippen MR) is 133 cm³/mol. The summed E-state index contributed by atoms with van der Waals surface area (Å²) in [5.41, 5.74) is 2.38. The van der Waals surface area contributed by atoms with E-state index in [0.717, 1.165) is 16.0 Å². The van der Waals surface area contributed by atoms with Crippen molar-refractivity contribution < 1.29 is 33.4 Å². The van der Waals surface area contributed by atoms with E-state index in [-0.39, 0.29) is 12.2 Å². The quantitative estimate of drug-likeness (QED) is 0.232. The van der Waals surface area contributed by atoms with E-state index in [0.29, 0.717) is 32.9 Å². The molecule has 10 heteroatoms. The van der Waals surface area contributed by atoms with Gasteiger partial charge in [0.2, 0.25) is 0 Å². The van der Waals surface area contributed by atoms with E-state index in [1.807, 2.05) is 42.5 Å². The van der Waals surface area contributed by atoms with Crippen molar-refractivity contribution in [3.63, 3.8) is 0 Å². The van der Waals surface area contributed by atoms with Gasteiger partial charge in [-0.1, -0.05) is 6.07 Å². The highest BCUT2D eigenvalue weighted by Crippen LogP contribution is 2.35. The summed E-state index contributed by atoms with van der Waals surface area (Å²) < 4.78 is 16.4. The van der Waals surface area contributed by atoms with E-state index >= 15 is 0 Å². The van der Waals surface area contributed by atoms with Crippen LogP contribution in [0, 0.1) is 17.4 Å². The van der Waals surface area contributed by atoms with Gasteiger partial charge < -0.3 is 14.2 Å². The summed E-state index contributed by atoms with van der Waals surface area (Å²) in [4.78, 5) is 50.7. The molecule has 9 nitrogen and oxygen atoms in total. The van der Waals surface area contributed by atoms with E-state index in [9.17, 15) is 19.2 Å². The van der Waals surface area contributed by atoms with Crippen LogP contribution in [-0.2, 0) is 19.1 Å². The lowest BCUT2D eigenvalue weighted by Gasteiger charge is -2.27. The Labute approximate surface area is 210 Å². The van der Waals surface area contributed by atoms with Crippen LogP contribution in [0.3, 0.4) is 0 Å². The molecule has 0 unspecified atom stereocenters. The first-order chi connectivity index (χ1) is 16.1. The number of carbonyl (C=O) groups excluding carboxylic acids is 4. The van der Waals surface area contributed by atoms with Gasteiger partial charge in [0.1, 0.15) is 5.57 Å². The Morgan fingerprint density at radius 2 is 1.74 bits per heavy atom. The number of carbonyl (C=O) groups is 4. The SMILES string of the molecule is CCOc1cc(/C=C2\C(=O)NC(=O)N(c3cc(C)cc(C)c3)C2=O)cc(I)c1OCC(=O)OC. The summed E-state index contributed by atoms with van der Waals surface area (Å²) in [6.45, 7) is 5.50. The highest BCUT2D eigenvalue weighted by atomic mass is 127. The average Bonchev–Trinajstić information content (AvgIpc) is 2.75. The molecule has 0 radical (unpaired) electrons. The zero-order valence-corrected chi connectivity index (χ0v) is 21.2. The van der Waals surface area contributed by atoms with E-state index in [1.54, 1.807) is 31.2 Å². The van der Waals surface area contributed by atoms with Crippen molar-refractivity contribution in [3.8, 4) is 11.5 Å². The second-order valence-electron chi connectivity index (χ2n) is 7.43. The van der Waals surface area contributed by atoms with E-state index in [2.05, 4.69) is 10.1 Å². The van der Waals surface area contributed by atoms with Crippen molar-refractivity contribution in [2.45, 2.75) is 20.8 Å². The minimum atomic E-state index is -0.812. The number of methoxy groups -OCH3 is 1. The normalized spacial score (nSPS) is 14.8. The molecular formula is C24H23IN2O7. The van der Waals surface area contributed by atoms with Crippen molar-refractivity contribution in [3.05, 3.63) is 56.2 Å². The molecule has 0 aromatic heterocycles. The molecular weight excluding hydrogens is 555 g/mol. The maximum atomic E-state index is 13.2. The molecule has 3 rings (SSSR count). The van der Waals surface area contributed by atoms with Crippen LogP contribution in [0.1, 0.15) is 23.6 Å². The maximum Gasteiger partial charge on any atom is 0.343 e. The number of benzene rings is 2. The van der Waals surface area contributed by atoms with Gasteiger partial charge in [0.25, 0.3) is 11.8 Å². The van der Waals surface area contributed by atoms with Gasteiger partial charge in [-0.15, -0.1) is 0 Å². The Bertz CT molecular complexity index is 1190. The molecule has 1 heterocycles. The number of rotatable bonds is 7. The largest absolute Gasteiger partial charge is 0.490 e. The lowest BCUT2D eigenvalue weighted by Crippen LogP contribution is -2.54. The van der Waals surface area contributed by atoms with E-state index < -0.39 is 23.8 Å². The molecule has 0 atom stereocenters. The number of nitrogens with zero attached hydrogens (tertiary/aromatic N) is 1. The van der Waals surface area contributed by atoms with Crippen LogP contribution in [0.4, 0.5) is 10.5 Å². The molecule has 0 aliphatic carbocycles. The molecule has 4 amide bonds. The standard InChI is InChI=1S/C24H23IN2O7/c1-5-33-19-11-15(10-18(25)21(19)34-12-20(28)32-4)9-17-22(29)26-24(31)27(23(17)30)16-7-13(2)6-14(3)8-16/h6-11H,5,12H2,1-4H3,(H,26,29,31)/b17-9+. The summed E-state index contributed by atoms with van der Waals surface area (Å²) in [5, 5.41) is 2.22. The van der Waals surface area contributed by atoms with Gasteiger partial charge in [0.15, 0.2) is 18.1 Å². The fourth-order valence-corrected chi connectivity index (χ4v) is 4.18. The first-order valence-electron chi connectivity index (χ1n) is 10.3. The molecule has 1 N–H and O–H groups in total. The molecule has 34 heavy (non-hydrogen) atoms. The fraction of sp³-hybridized carbons (Fsp3) is 0.250. The predicted octanol–water partition coefficient (Wildman–Crippen LogP) is 3.52. The molecule has 2 aromatic rings. The lowest BCUT2D eigenvalue weighted by atomic mass is 10.0. The molecule has 1 aliphatic heterocycles. The number of imide groups is 2. The lowest BCUT2D eigenvalue weighted by molar-refractivity contribution is -0.143.